The fourth-order valence-electron chi connectivity index (χ4n) is 2.00. The van der Waals surface area contributed by atoms with Crippen LogP contribution in [0.1, 0.15) is 25.3 Å². The van der Waals surface area contributed by atoms with E-state index >= 15 is 0 Å². The zero-order valence-electron chi connectivity index (χ0n) is 10.7. The van der Waals surface area contributed by atoms with E-state index in [9.17, 15) is 4.39 Å². The highest BCUT2D eigenvalue weighted by Gasteiger charge is 2.16. The van der Waals surface area contributed by atoms with Gasteiger partial charge in [0.05, 0.1) is 6.10 Å². The second-order valence-electron chi connectivity index (χ2n) is 4.49. The molecule has 1 saturated heterocycles. The van der Waals surface area contributed by atoms with Crippen molar-refractivity contribution in [3.63, 3.8) is 0 Å². The third kappa shape index (κ3) is 3.97. The van der Waals surface area contributed by atoms with Crippen molar-refractivity contribution in [1.82, 2.24) is 5.32 Å². The number of halogens is 1. The first-order chi connectivity index (χ1) is 8.79. The summed E-state index contributed by atoms with van der Waals surface area (Å²) in [5.74, 6) is 0.733. The minimum absolute atomic E-state index is 0.117. The highest BCUT2D eigenvalue weighted by atomic mass is 32.2. The molecule has 1 unspecified atom stereocenters. The van der Waals surface area contributed by atoms with E-state index in [2.05, 4.69) is 5.32 Å². The molecular weight excluding hydrogens is 249 g/mol. The number of thioether (sulfide) groups is 1. The average Bonchev–Trinajstić information content (AvgIpc) is 2.88. The van der Waals surface area contributed by atoms with Gasteiger partial charge >= 0.3 is 0 Å². The van der Waals surface area contributed by atoms with Crippen LogP contribution < -0.4 is 5.32 Å². The fraction of sp³-hybridized carbons (Fsp3) is 0.571. The van der Waals surface area contributed by atoms with Crippen LogP contribution in [-0.4, -0.2) is 25.0 Å². The summed E-state index contributed by atoms with van der Waals surface area (Å²) in [5.41, 5.74) is 0.996. The Balaban J connectivity index is 1.87. The van der Waals surface area contributed by atoms with Gasteiger partial charge in [-0.3, -0.25) is 0 Å². The number of hydrogen-bond donors (Lipinski definition) is 1. The molecule has 2 nitrogen and oxygen atoms in total. The molecule has 1 aliphatic rings. The van der Waals surface area contributed by atoms with Gasteiger partial charge in [-0.15, -0.1) is 11.8 Å². The number of hydrogen-bond acceptors (Lipinski definition) is 3. The van der Waals surface area contributed by atoms with Gasteiger partial charge in [-0.1, -0.05) is 13.0 Å². The molecule has 1 N–H and O–H groups in total. The molecule has 0 aliphatic carbocycles. The van der Waals surface area contributed by atoms with Gasteiger partial charge in [0.15, 0.2) is 0 Å². The molecule has 1 heterocycles. The average molecular weight is 269 g/mol. The van der Waals surface area contributed by atoms with Crippen LogP contribution in [0.15, 0.2) is 23.1 Å². The highest BCUT2D eigenvalue weighted by molar-refractivity contribution is 7.99. The van der Waals surface area contributed by atoms with E-state index in [0.29, 0.717) is 6.10 Å². The lowest BCUT2D eigenvalue weighted by Gasteiger charge is -2.10. The third-order valence-corrected chi connectivity index (χ3v) is 4.20. The lowest BCUT2D eigenvalue weighted by molar-refractivity contribution is 0.129. The van der Waals surface area contributed by atoms with E-state index in [1.165, 1.54) is 0 Å². The van der Waals surface area contributed by atoms with Gasteiger partial charge in [0.1, 0.15) is 5.82 Å². The number of benzene rings is 1. The van der Waals surface area contributed by atoms with Crippen molar-refractivity contribution in [2.75, 3.05) is 18.9 Å². The van der Waals surface area contributed by atoms with Gasteiger partial charge < -0.3 is 10.1 Å². The Hall–Kier alpha value is -0.580. The quantitative estimate of drug-likeness (QED) is 0.801. The molecule has 0 radical (unpaired) electrons. The Bertz CT molecular complexity index is 380. The van der Waals surface area contributed by atoms with Crippen LogP contribution in [-0.2, 0) is 11.3 Å². The highest BCUT2D eigenvalue weighted by Crippen LogP contribution is 2.26. The second-order valence-corrected chi connectivity index (χ2v) is 5.55. The molecule has 4 heteroatoms. The Kier molecular flexibility index (Phi) is 5.47. The summed E-state index contributed by atoms with van der Waals surface area (Å²) in [6.45, 7) is 4.53. The van der Waals surface area contributed by atoms with Crippen LogP contribution in [0, 0.1) is 5.82 Å². The van der Waals surface area contributed by atoms with Gasteiger partial charge in [-0.05, 0) is 37.1 Å². The number of ether oxygens (including phenoxy) is 1. The van der Waals surface area contributed by atoms with Crippen molar-refractivity contribution in [3.05, 3.63) is 29.6 Å². The van der Waals surface area contributed by atoms with Crippen molar-refractivity contribution in [1.29, 1.82) is 0 Å². The molecule has 0 spiro atoms. The van der Waals surface area contributed by atoms with E-state index in [4.69, 9.17) is 4.74 Å². The standard InChI is InChI=1S/C14H20FNOS/c1-2-16-9-11-5-6-14(13(15)8-11)18-10-12-4-3-7-17-12/h5-6,8,12,16H,2-4,7,9-10H2,1H3. The summed E-state index contributed by atoms with van der Waals surface area (Å²) in [4.78, 5) is 0.728. The van der Waals surface area contributed by atoms with Crippen LogP contribution in [0.2, 0.25) is 0 Å². The molecular formula is C14H20FNOS. The zero-order chi connectivity index (χ0) is 12.8. The van der Waals surface area contributed by atoms with Crippen LogP contribution in [0.4, 0.5) is 4.39 Å². The molecule has 1 aromatic carbocycles. The van der Waals surface area contributed by atoms with Crippen molar-refractivity contribution in [3.8, 4) is 0 Å². The zero-order valence-corrected chi connectivity index (χ0v) is 11.6. The molecule has 1 atom stereocenters. The van der Waals surface area contributed by atoms with Crippen molar-refractivity contribution in [2.24, 2.45) is 0 Å². The van der Waals surface area contributed by atoms with Gasteiger partial charge in [0.2, 0.25) is 0 Å². The van der Waals surface area contributed by atoms with E-state index in [0.717, 1.165) is 48.7 Å². The summed E-state index contributed by atoms with van der Waals surface area (Å²) >= 11 is 1.56. The van der Waals surface area contributed by atoms with Gasteiger partial charge in [0, 0.05) is 23.8 Å². The second kappa shape index (κ2) is 7.12. The number of nitrogens with one attached hydrogen (secondary N) is 1. The predicted molar refractivity (Wildman–Crippen MR) is 73.5 cm³/mol. The lowest BCUT2D eigenvalue weighted by Crippen LogP contribution is -2.12. The molecule has 1 fully saturated rings. The first-order valence-electron chi connectivity index (χ1n) is 6.53. The monoisotopic (exact) mass is 269 g/mol. The summed E-state index contributed by atoms with van der Waals surface area (Å²) in [6.07, 6.45) is 2.54. The van der Waals surface area contributed by atoms with Crippen LogP contribution in [0.25, 0.3) is 0 Å². The third-order valence-electron chi connectivity index (χ3n) is 3.02. The van der Waals surface area contributed by atoms with E-state index < -0.39 is 0 Å². The minimum Gasteiger partial charge on any atom is -0.377 e. The summed E-state index contributed by atoms with van der Waals surface area (Å²) < 4.78 is 19.4. The Morgan fingerprint density at radius 2 is 2.39 bits per heavy atom. The number of rotatable bonds is 6. The van der Waals surface area contributed by atoms with E-state index in [1.54, 1.807) is 17.8 Å². The van der Waals surface area contributed by atoms with Gasteiger partial charge in [-0.2, -0.15) is 0 Å². The molecule has 0 aromatic heterocycles. The van der Waals surface area contributed by atoms with Gasteiger partial charge in [-0.25, -0.2) is 4.39 Å². The van der Waals surface area contributed by atoms with Crippen LogP contribution in [0.3, 0.4) is 0 Å². The Morgan fingerprint density at radius 3 is 3.06 bits per heavy atom. The van der Waals surface area contributed by atoms with Gasteiger partial charge in [0.25, 0.3) is 0 Å². The molecule has 100 valence electrons. The molecule has 1 aliphatic heterocycles. The molecule has 18 heavy (non-hydrogen) atoms. The summed E-state index contributed by atoms with van der Waals surface area (Å²) in [6, 6.07) is 5.49. The summed E-state index contributed by atoms with van der Waals surface area (Å²) in [7, 11) is 0. The predicted octanol–water partition coefficient (Wildman–Crippen LogP) is 3.21. The molecule has 0 amide bonds. The molecule has 1 aromatic rings. The first-order valence-corrected chi connectivity index (χ1v) is 7.51. The van der Waals surface area contributed by atoms with Crippen molar-refractivity contribution >= 4 is 11.8 Å². The van der Waals surface area contributed by atoms with Crippen molar-refractivity contribution in [2.45, 2.75) is 37.3 Å². The molecule has 2 rings (SSSR count). The summed E-state index contributed by atoms with van der Waals surface area (Å²) in [5, 5.41) is 3.19. The first kappa shape index (κ1) is 13.8. The largest absolute Gasteiger partial charge is 0.377 e. The maximum atomic E-state index is 13.9. The molecule has 0 bridgehead atoms. The lowest BCUT2D eigenvalue weighted by atomic mass is 10.2. The van der Waals surface area contributed by atoms with Crippen molar-refractivity contribution < 1.29 is 9.13 Å². The van der Waals surface area contributed by atoms with Crippen LogP contribution in [0.5, 0.6) is 0 Å². The molecule has 0 saturated carbocycles. The SMILES string of the molecule is CCNCc1ccc(SCC2CCCO2)c(F)c1. The minimum atomic E-state index is -0.117. The Labute approximate surface area is 112 Å². The van der Waals surface area contributed by atoms with E-state index in [1.807, 2.05) is 19.1 Å². The maximum Gasteiger partial charge on any atom is 0.137 e. The van der Waals surface area contributed by atoms with E-state index in [-0.39, 0.29) is 5.82 Å². The Morgan fingerprint density at radius 1 is 1.50 bits per heavy atom. The fourth-order valence-corrected chi connectivity index (χ4v) is 2.99. The smallest absolute Gasteiger partial charge is 0.137 e. The topological polar surface area (TPSA) is 21.3 Å². The van der Waals surface area contributed by atoms with Crippen LogP contribution >= 0.6 is 11.8 Å². The maximum absolute atomic E-state index is 13.9. The normalized spacial score (nSPS) is 19.3.